The maximum atomic E-state index is 12.9. The molecule has 3 rings (SSSR count). The van der Waals surface area contributed by atoms with Crippen LogP contribution in [0, 0.1) is 0 Å². The van der Waals surface area contributed by atoms with Gasteiger partial charge >= 0.3 is 0 Å². The number of hydrogen-bond donors (Lipinski definition) is 1. The number of rotatable bonds is 6. The van der Waals surface area contributed by atoms with Crippen molar-refractivity contribution >= 4 is 15.7 Å². The largest absolute Gasteiger partial charge is 0.284 e. The molecule has 7 nitrogen and oxygen atoms in total. The molecule has 3 aromatic rings. The molecular weight excluding hydrogens is 352 g/mol. The molecule has 0 aliphatic carbocycles. The van der Waals surface area contributed by atoms with Crippen LogP contribution < -0.4 is 4.72 Å². The zero-order valence-corrected chi connectivity index (χ0v) is 14.0. The lowest BCUT2D eigenvalue weighted by Gasteiger charge is -2.05. The molecule has 0 spiro atoms. The molecule has 132 valence electrons. The fraction of sp³-hybridized carbons (Fsp3) is 0.200. The van der Waals surface area contributed by atoms with Gasteiger partial charge in [0, 0.05) is 19.4 Å². The second kappa shape index (κ2) is 6.63. The number of hydrogen-bond acceptors (Lipinski definition) is 4. The summed E-state index contributed by atoms with van der Waals surface area (Å²) < 4.78 is 55.4. The number of aromatic nitrogens is 4. The van der Waals surface area contributed by atoms with Crippen molar-refractivity contribution in [3.63, 3.8) is 0 Å². The van der Waals surface area contributed by atoms with E-state index in [1.54, 1.807) is 0 Å². The monoisotopic (exact) mass is 367 g/mol. The molecule has 0 aliphatic heterocycles. The Morgan fingerprint density at radius 3 is 2.60 bits per heavy atom. The molecule has 0 bridgehead atoms. The molecule has 0 fully saturated rings. The lowest BCUT2D eigenvalue weighted by molar-refractivity contribution is 0.146. The number of alkyl halides is 2. The van der Waals surface area contributed by atoms with Crippen molar-refractivity contribution in [3.05, 3.63) is 60.2 Å². The van der Waals surface area contributed by atoms with E-state index in [1.165, 1.54) is 30.3 Å². The quantitative estimate of drug-likeness (QED) is 0.725. The molecule has 10 heteroatoms. The summed E-state index contributed by atoms with van der Waals surface area (Å²) in [6.45, 7) is 0.394. The summed E-state index contributed by atoms with van der Waals surface area (Å²) in [7, 11) is -2.62. The molecule has 25 heavy (non-hydrogen) atoms. The third-order valence-electron chi connectivity index (χ3n) is 3.42. The Balaban J connectivity index is 1.82. The van der Waals surface area contributed by atoms with Crippen LogP contribution in [0.15, 0.2) is 53.8 Å². The van der Waals surface area contributed by atoms with E-state index in [9.17, 15) is 17.2 Å². The molecule has 0 saturated carbocycles. The number of benzene rings is 1. The molecule has 0 radical (unpaired) electrons. The van der Waals surface area contributed by atoms with Crippen molar-refractivity contribution in [2.45, 2.75) is 17.9 Å². The zero-order chi connectivity index (χ0) is 18.0. The summed E-state index contributed by atoms with van der Waals surface area (Å²) in [6.07, 6.45) is 0.810. The van der Waals surface area contributed by atoms with E-state index in [1.807, 2.05) is 30.3 Å². The number of halogens is 2. The lowest BCUT2D eigenvalue weighted by atomic mass is 10.2. The molecule has 1 aromatic carbocycles. The first-order valence-corrected chi connectivity index (χ1v) is 8.74. The summed E-state index contributed by atoms with van der Waals surface area (Å²) in [6, 6.07) is 9.39. The highest BCUT2D eigenvalue weighted by Crippen LogP contribution is 2.27. The summed E-state index contributed by atoms with van der Waals surface area (Å²) in [5.41, 5.74) is 0.0748. The second-order valence-electron chi connectivity index (χ2n) is 5.37. The summed E-state index contributed by atoms with van der Waals surface area (Å²) >= 11 is 0. The van der Waals surface area contributed by atoms with E-state index in [0.29, 0.717) is 6.54 Å². The molecule has 0 atom stereocenters. The molecule has 0 saturated heterocycles. The predicted molar refractivity (Wildman–Crippen MR) is 86.7 cm³/mol. The first-order valence-electron chi connectivity index (χ1n) is 7.26. The van der Waals surface area contributed by atoms with E-state index < -0.39 is 22.1 Å². The van der Waals surface area contributed by atoms with Gasteiger partial charge in [0.2, 0.25) is 0 Å². The highest BCUT2D eigenvalue weighted by molar-refractivity contribution is 7.92. The molecule has 0 unspecified atom stereocenters. The minimum absolute atomic E-state index is 0.118. The topological polar surface area (TPSA) is 81.8 Å². The summed E-state index contributed by atoms with van der Waals surface area (Å²) in [5, 5.41) is 7.58. The molecule has 0 amide bonds. The first-order chi connectivity index (χ1) is 11.8. The molecule has 2 heterocycles. The molecule has 0 aliphatic rings. The Hall–Kier alpha value is -2.75. The van der Waals surface area contributed by atoms with E-state index in [4.69, 9.17) is 0 Å². The molecule has 1 N–H and O–H groups in total. The van der Waals surface area contributed by atoms with Crippen LogP contribution in [0.4, 0.5) is 14.5 Å². The third kappa shape index (κ3) is 3.85. The number of aryl methyl sites for hydroxylation is 1. The van der Waals surface area contributed by atoms with Crippen molar-refractivity contribution in [2.75, 3.05) is 4.72 Å². The standard InChI is InChI=1S/C15H15F2N5O2S/c1-21-10-13(14(19-21)15(16)17)20-25(23,24)12-7-18-22(9-12)8-11-5-3-2-4-6-11/h2-7,9-10,15,20H,8H2,1H3. The van der Waals surface area contributed by atoms with Gasteiger partial charge in [-0.25, -0.2) is 17.2 Å². The maximum Gasteiger partial charge on any atom is 0.284 e. The van der Waals surface area contributed by atoms with Gasteiger partial charge in [0.15, 0.2) is 5.69 Å². The van der Waals surface area contributed by atoms with Gasteiger partial charge in [-0.3, -0.25) is 14.1 Å². The lowest BCUT2D eigenvalue weighted by Crippen LogP contribution is -2.13. The first kappa shape index (κ1) is 17.1. The Kier molecular flexibility index (Phi) is 4.53. The smallest absolute Gasteiger partial charge is 0.276 e. The fourth-order valence-electron chi connectivity index (χ4n) is 2.29. The van der Waals surface area contributed by atoms with E-state index in [2.05, 4.69) is 14.9 Å². The van der Waals surface area contributed by atoms with Crippen molar-refractivity contribution in [3.8, 4) is 0 Å². The molecule has 2 aromatic heterocycles. The second-order valence-corrected chi connectivity index (χ2v) is 7.05. The predicted octanol–water partition coefficient (Wildman–Crippen LogP) is 2.40. The van der Waals surface area contributed by atoms with E-state index in [0.717, 1.165) is 10.2 Å². The van der Waals surface area contributed by atoms with Crippen molar-refractivity contribution in [2.24, 2.45) is 7.05 Å². The van der Waals surface area contributed by atoms with Gasteiger partial charge in [0.05, 0.1) is 18.4 Å². The van der Waals surface area contributed by atoms with Crippen LogP contribution in [0.2, 0.25) is 0 Å². The zero-order valence-electron chi connectivity index (χ0n) is 13.2. The molecular formula is C15H15F2N5O2S. The Labute approximate surface area is 142 Å². The van der Waals surface area contributed by atoms with Gasteiger partial charge in [-0.2, -0.15) is 10.2 Å². The number of anilines is 1. The number of nitrogens with zero attached hydrogens (tertiary/aromatic N) is 4. The Morgan fingerprint density at radius 2 is 1.92 bits per heavy atom. The van der Waals surface area contributed by atoms with Gasteiger partial charge in [0.1, 0.15) is 4.90 Å². The highest BCUT2D eigenvalue weighted by atomic mass is 32.2. The summed E-state index contributed by atoms with van der Waals surface area (Å²) in [4.78, 5) is -0.118. The van der Waals surface area contributed by atoms with Gasteiger partial charge in [-0.1, -0.05) is 30.3 Å². The van der Waals surface area contributed by atoms with E-state index in [-0.39, 0.29) is 10.6 Å². The highest BCUT2D eigenvalue weighted by Gasteiger charge is 2.23. The maximum absolute atomic E-state index is 12.9. The third-order valence-corrected chi connectivity index (χ3v) is 4.74. The Bertz CT molecular complexity index is 967. The van der Waals surface area contributed by atoms with Gasteiger partial charge in [-0.05, 0) is 5.56 Å². The van der Waals surface area contributed by atoms with Crippen LogP contribution in [0.25, 0.3) is 0 Å². The SMILES string of the molecule is Cn1cc(NS(=O)(=O)c2cnn(Cc3ccccc3)c2)c(C(F)F)n1. The minimum atomic E-state index is -4.05. The fourth-order valence-corrected chi connectivity index (χ4v) is 3.30. The van der Waals surface area contributed by atoms with Crippen molar-refractivity contribution < 1.29 is 17.2 Å². The number of nitrogens with one attached hydrogen (secondary N) is 1. The average molecular weight is 367 g/mol. The van der Waals surface area contributed by atoms with Gasteiger partial charge < -0.3 is 0 Å². The van der Waals surface area contributed by atoms with Crippen LogP contribution in [-0.4, -0.2) is 28.0 Å². The summed E-state index contributed by atoms with van der Waals surface area (Å²) in [5.74, 6) is 0. The van der Waals surface area contributed by atoms with Crippen LogP contribution >= 0.6 is 0 Å². The van der Waals surface area contributed by atoms with Gasteiger partial charge in [-0.15, -0.1) is 0 Å². The van der Waals surface area contributed by atoms with Crippen LogP contribution in [-0.2, 0) is 23.6 Å². The van der Waals surface area contributed by atoms with E-state index >= 15 is 0 Å². The Morgan fingerprint density at radius 1 is 1.20 bits per heavy atom. The van der Waals surface area contributed by atoms with Crippen LogP contribution in [0.1, 0.15) is 17.7 Å². The van der Waals surface area contributed by atoms with Crippen LogP contribution in [0.3, 0.4) is 0 Å². The van der Waals surface area contributed by atoms with Crippen LogP contribution in [0.5, 0.6) is 0 Å². The normalized spacial score (nSPS) is 11.8. The van der Waals surface area contributed by atoms with Crippen molar-refractivity contribution in [1.29, 1.82) is 0 Å². The minimum Gasteiger partial charge on any atom is -0.276 e. The van der Waals surface area contributed by atoms with Crippen molar-refractivity contribution in [1.82, 2.24) is 19.6 Å². The average Bonchev–Trinajstić information content (AvgIpc) is 3.15. The number of sulfonamides is 1. The van der Waals surface area contributed by atoms with Gasteiger partial charge in [0.25, 0.3) is 16.4 Å².